The number of benzene rings is 1. The number of hydrazine groups is 1. The van der Waals surface area contributed by atoms with Gasteiger partial charge in [0.25, 0.3) is 5.91 Å². The van der Waals surface area contributed by atoms with E-state index in [-0.39, 0.29) is 14.8 Å². The molecule has 0 aliphatic heterocycles. The normalized spacial score (nSPS) is 11.5. The SMILES string of the molecule is Cc1cc(S(N)(=O)=O)sc1C(=O)NNC(=O)c1oc2ccccc2c1C. The Hall–Kier alpha value is -2.69. The summed E-state index contributed by atoms with van der Waals surface area (Å²) >= 11 is 0.729. The third-order valence-corrected chi connectivity index (χ3v) is 6.38. The molecule has 0 spiro atoms. The molecule has 0 unspecified atom stereocenters. The second-order valence-electron chi connectivity index (χ2n) is 5.58. The molecule has 10 heteroatoms. The summed E-state index contributed by atoms with van der Waals surface area (Å²) < 4.78 is 28.1. The fourth-order valence-corrected chi connectivity index (χ4v) is 4.29. The van der Waals surface area contributed by atoms with E-state index in [1.807, 2.05) is 12.1 Å². The number of hydrogen-bond acceptors (Lipinski definition) is 6. The molecule has 4 N–H and O–H groups in total. The Kier molecular flexibility index (Phi) is 4.57. The number of fused-ring (bicyclic) bond motifs is 1. The summed E-state index contributed by atoms with van der Waals surface area (Å²) in [5.74, 6) is -1.18. The molecule has 0 saturated heterocycles. The van der Waals surface area contributed by atoms with Crippen LogP contribution >= 0.6 is 11.3 Å². The van der Waals surface area contributed by atoms with Gasteiger partial charge in [0.1, 0.15) is 9.79 Å². The lowest BCUT2D eigenvalue weighted by atomic mass is 10.1. The van der Waals surface area contributed by atoms with Crippen molar-refractivity contribution in [3.05, 3.63) is 52.1 Å². The Labute approximate surface area is 153 Å². The highest BCUT2D eigenvalue weighted by Crippen LogP contribution is 2.26. The molecule has 26 heavy (non-hydrogen) atoms. The smallest absolute Gasteiger partial charge is 0.305 e. The summed E-state index contributed by atoms with van der Waals surface area (Å²) in [6.07, 6.45) is 0. The zero-order chi connectivity index (χ0) is 19.1. The van der Waals surface area contributed by atoms with Gasteiger partial charge in [-0.15, -0.1) is 11.3 Å². The van der Waals surface area contributed by atoms with Crippen molar-refractivity contribution in [1.82, 2.24) is 10.9 Å². The summed E-state index contributed by atoms with van der Waals surface area (Å²) in [5.41, 5.74) is 6.17. The number of amides is 2. The van der Waals surface area contributed by atoms with E-state index in [9.17, 15) is 18.0 Å². The molecule has 3 rings (SSSR count). The second kappa shape index (κ2) is 6.56. The third-order valence-electron chi connectivity index (χ3n) is 3.72. The average Bonchev–Trinajstić information content (AvgIpc) is 3.13. The minimum atomic E-state index is -3.90. The van der Waals surface area contributed by atoms with Gasteiger partial charge >= 0.3 is 5.91 Å². The van der Waals surface area contributed by atoms with Crippen molar-refractivity contribution in [2.45, 2.75) is 18.1 Å². The number of rotatable bonds is 3. The van der Waals surface area contributed by atoms with Gasteiger partial charge in [-0.05, 0) is 31.5 Å². The highest BCUT2D eigenvalue weighted by atomic mass is 32.2. The van der Waals surface area contributed by atoms with E-state index in [4.69, 9.17) is 9.56 Å². The molecule has 136 valence electrons. The Bertz CT molecular complexity index is 1130. The van der Waals surface area contributed by atoms with Gasteiger partial charge in [-0.25, -0.2) is 13.6 Å². The molecule has 0 radical (unpaired) electrons. The minimum Gasteiger partial charge on any atom is -0.451 e. The van der Waals surface area contributed by atoms with Crippen molar-refractivity contribution in [1.29, 1.82) is 0 Å². The first kappa shape index (κ1) is 18.1. The van der Waals surface area contributed by atoms with Gasteiger partial charge in [0.05, 0.1) is 4.88 Å². The van der Waals surface area contributed by atoms with Gasteiger partial charge in [-0.3, -0.25) is 20.4 Å². The third kappa shape index (κ3) is 3.34. The predicted octanol–water partition coefficient (Wildman–Crippen LogP) is 1.83. The molecule has 0 fully saturated rings. The van der Waals surface area contributed by atoms with E-state index >= 15 is 0 Å². The zero-order valence-electron chi connectivity index (χ0n) is 13.8. The van der Waals surface area contributed by atoms with Gasteiger partial charge < -0.3 is 4.42 Å². The predicted molar refractivity (Wildman–Crippen MR) is 96.3 cm³/mol. The summed E-state index contributed by atoms with van der Waals surface area (Å²) in [5, 5.41) is 5.86. The van der Waals surface area contributed by atoms with E-state index in [2.05, 4.69) is 10.9 Å². The maximum Gasteiger partial charge on any atom is 0.305 e. The van der Waals surface area contributed by atoms with Crippen molar-refractivity contribution in [2.75, 3.05) is 0 Å². The lowest BCUT2D eigenvalue weighted by Crippen LogP contribution is -2.41. The van der Waals surface area contributed by atoms with Crippen molar-refractivity contribution < 1.29 is 22.4 Å². The van der Waals surface area contributed by atoms with Crippen LogP contribution < -0.4 is 16.0 Å². The summed E-state index contributed by atoms with van der Waals surface area (Å²) in [4.78, 5) is 24.6. The van der Waals surface area contributed by atoms with Crippen LogP contribution in [0, 0.1) is 13.8 Å². The Morgan fingerprint density at radius 1 is 1.12 bits per heavy atom. The van der Waals surface area contributed by atoms with Gasteiger partial charge in [-0.1, -0.05) is 18.2 Å². The number of carbonyl (C=O) groups is 2. The Balaban J connectivity index is 1.76. The summed E-state index contributed by atoms with van der Waals surface area (Å²) in [7, 11) is -3.90. The van der Waals surface area contributed by atoms with Crippen LogP contribution in [0.2, 0.25) is 0 Å². The molecule has 2 aromatic heterocycles. The number of hydrogen-bond donors (Lipinski definition) is 3. The van der Waals surface area contributed by atoms with E-state index < -0.39 is 21.8 Å². The van der Waals surface area contributed by atoms with Crippen LogP contribution in [0.25, 0.3) is 11.0 Å². The number of para-hydroxylation sites is 1. The number of nitrogens with two attached hydrogens (primary N) is 1. The van der Waals surface area contributed by atoms with Crippen LogP contribution in [-0.2, 0) is 10.0 Å². The first-order valence-electron chi connectivity index (χ1n) is 7.40. The van der Waals surface area contributed by atoms with Crippen molar-refractivity contribution >= 4 is 44.1 Å². The number of furan rings is 1. The van der Waals surface area contributed by atoms with E-state index in [1.54, 1.807) is 26.0 Å². The van der Waals surface area contributed by atoms with Crippen molar-refractivity contribution in [3.63, 3.8) is 0 Å². The highest BCUT2D eigenvalue weighted by Gasteiger charge is 2.21. The number of thiophene rings is 1. The largest absolute Gasteiger partial charge is 0.451 e. The first-order chi connectivity index (χ1) is 12.2. The fourth-order valence-electron chi connectivity index (χ4n) is 2.44. The monoisotopic (exact) mass is 393 g/mol. The zero-order valence-corrected chi connectivity index (χ0v) is 15.5. The van der Waals surface area contributed by atoms with E-state index in [0.717, 1.165) is 16.7 Å². The second-order valence-corrected chi connectivity index (χ2v) is 8.42. The maximum atomic E-state index is 12.3. The number of primary sulfonamides is 1. The molecular formula is C16H15N3O5S2. The molecule has 0 bridgehead atoms. The summed E-state index contributed by atoms with van der Waals surface area (Å²) in [6, 6.07) is 8.49. The molecule has 3 aromatic rings. The van der Waals surface area contributed by atoms with Crippen LogP contribution in [0.4, 0.5) is 0 Å². The van der Waals surface area contributed by atoms with Crippen LogP contribution in [-0.4, -0.2) is 20.2 Å². The molecular weight excluding hydrogens is 378 g/mol. The molecule has 0 saturated carbocycles. The van der Waals surface area contributed by atoms with Crippen molar-refractivity contribution in [3.8, 4) is 0 Å². The lowest BCUT2D eigenvalue weighted by molar-refractivity contribution is 0.0833. The standard InChI is InChI=1S/C16H15N3O5S2/c1-8-7-12(26(17,22)23)25-14(8)16(21)19-18-15(20)13-9(2)10-5-3-4-6-11(10)24-13/h3-7H,1-2H3,(H,18,20)(H,19,21)(H2,17,22,23). The van der Waals surface area contributed by atoms with Gasteiger partial charge in [0.15, 0.2) is 5.76 Å². The van der Waals surface area contributed by atoms with Crippen LogP contribution in [0.3, 0.4) is 0 Å². The van der Waals surface area contributed by atoms with E-state index in [1.165, 1.54) is 6.07 Å². The Morgan fingerprint density at radius 3 is 2.38 bits per heavy atom. The number of aryl methyl sites for hydroxylation is 2. The van der Waals surface area contributed by atoms with Crippen LogP contribution in [0.1, 0.15) is 31.4 Å². The van der Waals surface area contributed by atoms with Gasteiger partial charge in [0, 0.05) is 10.9 Å². The van der Waals surface area contributed by atoms with Gasteiger partial charge in [0.2, 0.25) is 10.0 Å². The molecule has 2 heterocycles. The fraction of sp³-hybridized carbons (Fsp3) is 0.125. The first-order valence-corrected chi connectivity index (χ1v) is 9.77. The summed E-state index contributed by atoms with van der Waals surface area (Å²) in [6.45, 7) is 3.32. The minimum absolute atomic E-state index is 0.0830. The molecule has 2 amide bonds. The maximum absolute atomic E-state index is 12.3. The molecule has 1 aromatic carbocycles. The molecule has 0 atom stereocenters. The molecule has 0 aliphatic rings. The quantitative estimate of drug-likeness (QED) is 0.584. The number of carbonyl (C=O) groups excluding carboxylic acids is 2. The van der Waals surface area contributed by atoms with E-state index in [0.29, 0.717) is 16.7 Å². The van der Waals surface area contributed by atoms with Crippen LogP contribution in [0.5, 0.6) is 0 Å². The Morgan fingerprint density at radius 2 is 1.77 bits per heavy atom. The highest BCUT2D eigenvalue weighted by molar-refractivity contribution is 7.91. The molecule has 0 aliphatic carbocycles. The number of nitrogens with one attached hydrogen (secondary N) is 2. The molecule has 8 nitrogen and oxygen atoms in total. The van der Waals surface area contributed by atoms with Gasteiger partial charge in [-0.2, -0.15) is 0 Å². The number of sulfonamides is 1. The van der Waals surface area contributed by atoms with Crippen LogP contribution in [0.15, 0.2) is 39.0 Å². The topological polar surface area (TPSA) is 132 Å². The average molecular weight is 393 g/mol. The van der Waals surface area contributed by atoms with Crippen molar-refractivity contribution in [2.24, 2.45) is 5.14 Å². The lowest BCUT2D eigenvalue weighted by Gasteiger charge is -2.05.